The van der Waals surface area contributed by atoms with E-state index < -0.39 is 0 Å². The largest absolute Gasteiger partial charge is 0.0619 e. The summed E-state index contributed by atoms with van der Waals surface area (Å²) in [6.07, 6.45) is 3.34. The van der Waals surface area contributed by atoms with Crippen LogP contribution in [0.2, 0.25) is 0 Å². The summed E-state index contributed by atoms with van der Waals surface area (Å²) in [5.41, 5.74) is 10.5. The first-order valence-electron chi connectivity index (χ1n) is 12.4. The Hall–Kier alpha value is -3.94. The average molecular weight is 523 g/mol. The van der Waals surface area contributed by atoms with Gasteiger partial charge in [0.1, 0.15) is 0 Å². The van der Waals surface area contributed by atoms with E-state index in [1.807, 2.05) is 0 Å². The molecule has 1 aliphatic rings. The standard InChI is InChI=1S/C35H23Br/c36-35-31-15-7-5-13-29(31)34(30-14-6-8-16-32(30)35)24-19-17-23(18-20-24)21-33-27-11-3-1-9-25(27)22-26-10-2-4-12-28(26)33/h1-21H,22H2. The lowest BCUT2D eigenvalue weighted by molar-refractivity contribution is 1.14. The molecule has 6 aromatic rings. The van der Waals surface area contributed by atoms with Crippen molar-refractivity contribution in [2.24, 2.45) is 0 Å². The van der Waals surface area contributed by atoms with Gasteiger partial charge in [-0.2, -0.15) is 0 Å². The first-order chi connectivity index (χ1) is 17.8. The van der Waals surface area contributed by atoms with E-state index >= 15 is 0 Å². The third kappa shape index (κ3) is 3.43. The zero-order chi connectivity index (χ0) is 24.1. The van der Waals surface area contributed by atoms with Crippen molar-refractivity contribution in [1.82, 2.24) is 0 Å². The van der Waals surface area contributed by atoms with Crippen LogP contribution >= 0.6 is 15.9 Å². The number of halogens is 1. The van der Waals surface area contributed by atoms with Crippen LogP contribution in [0.3, 0.4) is 0 Å². The van der Waals surface area contributed by atoms with Gasteiger partial charge < -0.3 is 0 Å². The maximum absolute atomic E-state index is 3.87. The minimum atomic E-state index is 0.992. The molecule has 6 aromatic carbocycles. The summed E-state index contributed by atoms with van der Waals surface area (Å²) in [4.78, 5) is 0. The van der Waals surface area contributed by atoms with Gasteiger partial charge in [-0.3, -0.25) is 0 Å². The Balaban J connectivity index is 1.39. The van der Waals surface area contributed by atoms with Gasteiger partial charge in [0.25, 0.3) is 0 Å². The summed E-state index contributed by atoms with van der Waals surface area (Å²) < 4.78 is 1.16. The highest BCUT2D eigenvalue weighted by Gasteiger charge is 2.19. The minimum Gasteiger partial charge on any atom is -0.0619 e. The summed E-state index contributed by atoms with van der Waals surface area (Å²) >= 11 is 3.87. The molecule has 0 spiro atoms. The zero-order valence-corrected chi connectivity index (χ0v) is 21.3. The molecule has 0 aliphatic heterocycles. The molecule has 1 aliphatic carbocycles. The molecular formula is C35H23Br. The SMILES string of the molecule is Brc1c2ccccc2c(-c2ccc(C=C3c4ccccc4Cc4ccccc43)cc2)c2ccccc12. The van der Waals surface area contributed by atoms with E-state index in [1.54, 1.807) is 0 Å². The molecule has 0 saturated carbocycles. The molecule has 0 unspecified atom stereocenters. The van der Waals surface area contributed by atoms with Gasteiger partial charge in [-0.05, 0) is 94.5 Å². The van der Waals surface area contributed by atoms with E-state index in [0.29, 0.717) is 0 Å². The van der Waals surface area contributed by atoms with Crippen molar-refractivity contribution in [3.63, 3.8) is 0 Å². The molecule has 7 rings (SSSR count). The van der Waals surface area contributed by atoms with Crippen molar-refractivity contribution in [1.29, 1.82) is 0 Å². The van der Waals surface area contributed by atoms with Crippen LogP contribution in [-0.4, -0.2) is 0 Å². The summed E-state index contributed by atoms with van der Waals surface area (Å²) in [7, 11) is 0. The van der Waals surface area contributed by atoms with Crippen LogP contribution in [0.25, 0.3) is 44.3 Å². The lowest BCUT2D eigenvalue weighted by Gasteiger charge is -2.22. The van der Waals surface area contributed by atoms with Gasteiger partial charge in [-0.15, -0.1) is 0 Å². The molecule has 1 heteroatoms. The predicted molar refractivity (Wildman–Crippen MR) is 157 cm³/mol. The number of hydrogen-bond donors (Lipinski definition) is 0. The van der Waals surface area contributed by atoms with Gasteiger partial charge in [-0.1, -0.05) is 121 Å². The Morgan fingerprint density at radius 1 is 0.500 bits per heavy atom. The van der Waals surface area contributed by atoms with E-state index in [0.717, 1.165) is 10.9 Å². The second-order valence-corrected chi connectivity index (χ2v) is 10.2. The molecule has 0 atom stereocenters. The van der Waals surface area contributed by atoms with Crippen LogP contribution in [0.15, 0.2) is 126 Å². The fourth-order valence-corrected chi connectivity index (χ4v) is 6.37. The Labute approximate surface area is 219 Å². The molecule has 0 amide bonds. The highest BCUT2D eigenvalue weighted by molar-refractivity contribution is 9.10. The number of hydrogen-bond acceptors (Lipinski definition) is 0. The molecule has 0 bridgehead atoms. The van der Waals surface area contributed by atoms with Crippen molar-refractivity contribution in [2.45, 2.75) is 6.42 Å². The summed E-state index contributed by atoms with van der Waals surface area (Å²) in [5.74, 6) is 0. The van der Waals surface area contributed by atoms with E-state index in [2.05, 4.69) is 143 Å². The normalized spacial score (nSPS) is 12.4. The highest BCUT2D eigenvalue weighted by Crippen LogP contribution is 2.42. The van der Waals surface area contributed by atoms with Gasteiger partial charge in [0.15, 0.2) is 0 Å². The Kier molecular flexibility index (Phi) is 5.11. The lowest BCUT2D eigenvalue weighted by Crippen LogP contribution is -2.06. The molecule has 0 radical (unpaired) electrons. The molecule has 170 valence electrons. The van der Waals surface area contributed by atoms with Crippen LogP contribution < -0.4 is 0 Å². The maximum atomic E-state index is 3.87. The monoisotopic (exact) mass is 522 g/mol. The second-order valence-electron chi connectivity index (χ2n) is 9.45. The zero-order valence-electron chi connectivity index (χ0n) is 19.7. The predicted octanol–water partition coefficient (Wildman–Crippen LogP) is 9.92. The Bertz CT molecular complexity index is 1700. The number of fused-ring (bicyclic) bond motifs is 4. The van der Waals surface area contributed by atoms with Crippen LogP contribution in [0, 0.1) is 0 Å². The first kappa shape index (κ1) is 21.4. The fourth-order valence-electron chi connectivity index (χ4n) is 5.68. The third-order valence-corrected chi connectivity index (χ3v) is 8.23. The number of benzene rings is 6. The molecule has 0 saturated heterocycles. The lowest BCUT2D eigenvalue weighted by atomic mass is 9.81. The second kappa shape index (κ2) is 8.62. The molecule has 0 aromatic heterocycles. The first-order valence-corrected chi connectivity index (χ1v) is 13.1. The number of rotatable bonds is 2. The summed E-state index contributed by atoms with van der Waals surface area (Å²) in [6.45, 7) is 0. The van der Waals surface area contributed by atoms with Gasteiger partial charge in [0.05, 0.1) is 0 Å². The molecule has 0 fully saturated rings. The Morgan fingerprint density at radius 2 is 0.972 bits per heavy atom. The average Bonchev–Trinajstić information content (AvgIpc) is 2.94. The van der Waals surface area contributed by atoms with E-state index in [9.17, 15) is 0 Å². The van der Waals surface area contributed by atoms with Crippen LogP contribution in [0.5, 0.6) is 0 Å². The smallest absolute Gasteiger partial charge is 0.0332 e. The van der Waals surface area contributed by atoms with Crippen LogP contribution in [0.4, 0.5) is 0 Å². The quantitative estimate of drug-likeness (QED) is 0.198. The van der Waals surface area contributed by atoms with Crippen molar-refractivity contribution in [3.8, 4) is 11.1 Å². The van der Waals surface area contributed by atoms with Gasteiger partial charge in [0, 0.05) is 4.47 Å². The molecule has 0 nitrogen and oxygen atoms in total. The van der Waals surface area contributed by atoms with E-state index in [-0.39, 0.29) is 0 Å². The third-order valence-electron chi connectivity index (χ3n) is 7.37. The molecule has 0 heterocycles. The van der Waals surface area contributed by atoms with Crippen molar-refractivity contribution in [3.05, 3.63) is 154 Å². The van der Waals surface area contributed by atoms with Crippen LogP contribution in [-0.2, 0) is 6.42 Å². The fraction of sp³-hybridized carbons (Fsp3) is 0.0286. The molecule has 0 N–H and O–H groups in total. The van der Waals surface area contributed by atoms with Gasteiger partial charge in [-0.25, -0.2) is 0 Å². The minimum absolute atomic E-state index is 0.992. The summed E-state index contributed by atoms with van der Waals surface area (Å²) in [5, 5.41) is 5.02. The summed E-state index contributed by atoms with van der Waals surface area (Å²) in [6, 6.07) is 44.0. The van der Waals surface area contributed by atoms with Crippen LogP contribution in [0.1, 0.15) is 27.8 Å². The Morgan fingerprint density at radius 3 is 1.53 bits per heavy atom. The van der Waals surface area contributed by atoms with E-state index in [4.69, 9.17) is 0 Å². The maximum Gasteiger partial charge on any atom is 0.0332 e. The van der Waals surface area contributed by atoms with E-state index in [1.165, 1.54) is 66.1 Å². The molecular weight excluding hydrogens is 500 g/mol. The van der Waals surface area contributed by atoms with Gasteiger partial charge in [0.2, 0.25) is 0 Å². The van der Waals surface area contributed by atoms with Gasteiger partial charge >= 0.3 is 0 Å². The van der Waals surface area contributed by atoms with Crippen molar-refractivity contribution >= 4 is 49.1 Å². The van der Waals surface area contributed by atoms with Crippen molar-refractivity contribution < 1.29 is 0 Å². The highest BCUT2D eigenvalue weighted by atomic mass is 79.9. The molecule has 36 heavy (non-hydrogen) atoms. The topological polar surface area (TPSA) is 0 Å². The van der Waals surface area contributed by atoms with Crippen molar-refractivity contribution in [2.75, 3.05) is 0 Å².